The fourth-order valence-corrected chi connectivity index (χ4v) is 3.48. The number of hydrogen-bond donors (Lipinski definition) is 0. The maximum atomic E-state index is 11.7. The molecule has 0 spiro atoms. The number of rotatable bonds is 5. The van der Waals surface area contributed by atoms with Crippen LogP contribution in [-0.4, -0.2) is 11.0 Å². The first kappa shape index (κ1) is 18.9. The van der Waals surface area contributed by atoms with Crippen LogP contribution in [0, 0.1) is 6.92 Å². The molecule has 0 amide bonds. The summed E-state index contributed by atoms with van der Waals surface area (Å²) < 4.78 is 6.01. The quantitative estimate of drug-likeness (QED) is 0.465. The van der Waals surface area contributed by atoms with Crippen LogP contribution in [0.2, 0.25) is 0 Å². The number of carbonyl (C=O) groups is 1. The Morgan fingerprint density at radius 1 is 1.03 bits per heavy atom. The Bertz CT molecular complexity index is 1190. The van der Waals surface area contributed by atoms with Crippen LogP contribution < -0.4 is 5.11 Å². The third kappa shape index (κ3) is 3.66. The number of aryl methyl sites for hydroxylation is 1. The summed E-state index contributed by atoms with van der Waals surface area (Å²) in [6, 6.07) is 19.1. The number of fused-ring (bicyclic) bond motifs is 1. The highest BCUT2D eigenvalue weighted by Gasteiger charge is 2.13. The van der Waals surface area contributed by atoms with Gasteiger partial charge in [-0.3, -0.25) is 0 Å². The number of furan rings is 1. The Morgan fingerprint density at radius 2 is 1.76 bits per heavy atom. The smallest absolute Gasteiger partial charge is 0.153 e. The first-order valence-electron chi connectivity index (χ1n) is 9.79. The molecule has 0 N–H and O–H groups in total. The van der Waals surface area contributed by atoms with Crippen LogP contribution in [0.25, 0.3) is 33.7 Å². The third-order valence-corrected chi connectivity index (χ3v) is 5.42. The van der Waals surface area contributed by atoms with Crippen molar-refractivity contribution in [3.05, 3.63) is 77.4 Å². The van der Waals surface area contributed by atoms with Gasteiger partial charge in [-0.25, -0.2) is 4.98 Å². The summed E-state index contributed by atoms with van der Waals surface area (Å²) in [5.41, 5.74) is 4.43. The zero-order chi connectivity index (χ0) is 20.5. The average Bonchev–Trinajstić information content (AvgIpc) is 3.22. The summed E-state index contributed by atoms with van der Waals surface area (Å²) in [6.45, 7) is 6.30. The van der Waals surface area contributed by atoms with E-state index in [1.54, 1.807) is 0 Å². The number of pyridine rings is 1. The van der Waals surface area contributed by atoms with Gasteiger partial charge in [-0.1, -0.05) is 49.7 Å². The van der Waals surface area contributed by atoms with E-state index in [0.717, 1.165) is 23.3 Å². The maximum Gasteiger partial charge on any atom is 0.153 e. The van der Waals surface area contributed by atoms with Crippen LogP contribution in [0.5, 0.6) is 0 Å². The molecular formula is C25H22NO3-. The topological polar surface area (TPSA) is 66.2 Å². The van der Waals surface area contributed by atoms with Gasteiger partial charge >= 0.3 is 0 Å². The minimum absolute atomic E-state index is 0.115. The zero-order valence-electron chi connectivity index (χ0n) is 16.7. The van der Waals surface area contributed by atoms with Crippen LogP contribution in [0.3, 0.4) is 0 Å². The van der Waals surface area contributed by atoms with E-state index in [1.807, 2.05) is 49.4 Å². The number of carboxylic acid groups (broad SMARTS) is 1. The van der Waals surface area contributed by atoms with Gasteiger partial charge in [-0.05, 0) is 55.2 Å². The monoisotopic (exact) mass is 384 g/mol. The van der Waals surface area contributed by atoms with E-state index in [1.165, 1.54) is 11.6 Å². The molecule has 4 aromatic rings. The summed E-state index contributed by atoms with van der Waals surface area (Å²) in [5.74, 6) is 0.536. The van der Waals surface area contributed by atoms with Gasteiger partial charge in [-0.15, -0.1) is 0 Å². The van der Waals surface area contributed by atoms with E-state index in [-0.39, 0.29) is 5.56 Å². The average molecular weight is 384 g/mol. The lowest BCUT2D eigenvalue weighted by Gasteiger charge is -2.10. The van der Waals surface area contributed by atoms with Crippen molar-refractivity contribution in [2.75, 3.05) is 0 Å². The third-order valence-electron chi connectivity index (χ3n) is 5.42. The van der Waals surface area contributed by atoms with E-state index in [9.17, 15) is 9.90 Å². The van der Waals surface area contributed by atoms with Crippen molar-refractivity contribution in [1.29, 1.82) is 0 Å². The lowest BCUT2D eigenvalue weighted by atomic mass is 9.97. The molecule has 0 unspecified atom stereocenters. The predicted octanol–water partition coefficient (Wildman–Crippen LogP) is 5.35. The Balaban J connectivity index is 1.73. The predicted molar refractivity (Wildman–Crippen MR) is 113 cm³/mol. The molecule has 1 atom stereocenters. The minimum atomic E-state index is -1.23. The van der Waals surface area contributed by atoms with Crippen molar-refractivity contribution in [2.45, 2.75) is 33.1 Å². The number of nitrogens with zero attached hydrogens (tertiary/aromatic N) is 1. The van der Waals surface area contributed by atoms with Crippen molar-refractivity contribution in [3.63, 3.8) is 0 Å². The van der Waals surface area contributed by atoms with E-state index in [2.05, 4.69) is 31.0 Å². The Labute approximate surface area is 169 Å². The Hall–Kier alpha value is -3.40. The number of aromatic carboxylic acids is 1. The second kappa shape index (κ2) is 7.55. The van der Waals surface area contributed by atoms with Crippen LogP contribution in [0.1, 0.15) is 47.7 Å². The molecule has 4 nitrogen and oxygen atoms in total. The SMILES string of the molecule is CC[C@@H](C)c1ccc(-c2ccc(-c3cc(C(=O)[O-])c4cc(C)ccc4n3)o2)cc1. The van der Waals surface area contributed by atoms with Gasteiger partial charge in [0.2, 0.25) is 0 Å². The van der Waals surface area contributed by atoms with Gasteiger partial charge in [0.25, 0.3) is 0 Å². The fourth-order valence-electron chi connectivity index (χ4n) is 3.48. The van der Waals surface area contributed by atoms with E-state index in [4.69, 9.17) is 4.42 Å². The normalized spacial score (nSPS) is 12.2. The minimum Gasteiger partial charge on any atom is -0.545 e. The lowest BCUT2D eigenvalue weighted by Crippen LogP contribution is -2.22. The molecule has 0 aliphatic heterocycles. The van der Waals surface area contributed by atoms with Gasteiger partial charge < -0.3 is 14.3 Å². The molecule has 2 heterocycles. The molecule has 146 valence electrons. The molecule has 0 saturated carbocycles. The summed E-state index contributed by atoms with van der Waals surface area (Å²) in [5, 5.41) is 12.2. The number of carboxylic acids is 1. The van der Waals surface area contributed by atoms with E-state index >= 15 is 0 Å². The summed E-state index contributed by atoms with van der Waals surface area (Å²) in [7, 11) is 0. The van der Waals surface area contributed by atoms with Crippen molar-refractivity contribution in [3.8, 4) is 22.8 Å². The van der Waals surface area contributed by atoms with Gasteiger partial charge in [0, 0.05) is 16.5 Å². The highest BCUT2D eigenvalue weighted by Crippen LogP contribution is 2.31. The Morgan fingerprint density at radius 3 is 2.45 bits per heavy atom. The molecule has 0 saturated heterocycles. The molecule has 29 heavy (non-hydrogen) atoms. The number of aromatic nitrogens is 1. The summed E-state index contributed by atoms with van der Waals surface area (Å²) in [6.07, 6.45) is 1.10. The van der Waals surface area contributed by atoms with E-state index < -0.39 is 5.97 Å². The van der Waals surface area contributed by atoms with E-state index in [0.29, 0.717) is 28.3 Å². The molecule has 0 aliphatic carbocycles. The molecule has 2 aromatic heterocycles. The van der Waals surface area contributed by atoms with Crippen molar-refractivity contribution in [1.82, 2.24) is 4.98 Å². The van der Waals surface area contributed by atoms with Gasteiger partial charge in [-0.2, -0.15) is 0 Å². The van der Waals surface area contributed by atoms with Crippen LogP contribution in [-0.2, 0) is 0 Å². The molecule has 4 rings (SSSR count). The summed E-state index contributed by atoms with van der Waals surface area (Å²) in [4.78, 5) is 16.3. The second-order valence-corrected chi connectivity index (χ2v) is 7.46. The largest absolute Gasteiger partial charge is 0.545 e. The molecule has 0 aliphatic rings. The summed E-state index contributed by atoms with van der Waals surface area (Å²) >= 11 is 0. The Kier molecular flexibility index (Phi) is 4.93. The molecule has 4 heteroatoms. The van der Waals surface area contributed by atoms with Crippen molar-refractivity contribution in [2.24, 2.45) is 0 Å². The van der Waals surface area contributed by atoms with Crippen molar-refractivity contribution < 1.29 is 14.3 Å². The van der Waals surface area contributed by atoms with Crippen LogP contribution in [0.15, 0.2) is 65.1 Å². The number of hydrogen-bond acceptors (Lipinski definition) is 4. The highest BCUT2D eigenvalue weighted by atomic mass is 16.4. The highest BCUT2D eigenvalue weighted by molar-refractivity contribution is 6.02. The van der Waals surface area contributed by atoms with Gasteiger partial charge in [0.05, 0.1) is 11.5 Å². The molecule has 0 radical (unpaired) electrons. The standard InChI is InChI=1S/C25H23NO3/c1-4-16(3)17-6-8-18(9-7-17)23-11-12-24(29-23)22-14-20(25(27)28)19-13-15(2)5-10-21(19)26-22/h5-14,16H,4H2,1-3H3,(H,27,28)/p-1/t16-/m1/s1. The second-order valence-electron chi connectivity index (χ2n) is 7.46. The first-order chi connectivity index (χ1) is 14.0. The molecule has 0 fully saturated rings. The van der Waals surface area contributed by atoms with Gasteiger partial charge in [0.1, 0.15) is 11.5 Å². The molecular weight excluding hydrogens is 362 g/mol. The van der Waals surface area contributed by atoms with Crippen LogP contribution >= 0.6 is 0 Å². The number of benzene rings is 2. The molecule has 2 aromatic carbocycles. The molecule has 0 bridgehead atoms. The van der Waals surface area contributed by atoms with Gasteiger partial charge in [0.15, 0.2) is 5.76 Å². The zero-order valence-corrected chi connectivity index (χ0v) is 16.7. The maximum absolute atomic E-state index is 11.7. The van der Waals surface area contributed by atoms with Crippen LogP contribution in [0.4, 0.5) is 0 Å². The van der Waals surface area contributed by atoms with Crippen molar-refractivity contribution >= 4 is 16.9 Å². The first-order valence-corrected chi connectivity index (χ1v) is 9.79. The lowest BCUT2D eigenvalue weighted by molar-refractivity contribution is -0.254. The number of carbonyl (C=O) groups excluding carboxylic acids is 1. The fraction of sp³-hybridized carbons (Fsp3) is 0.200.